The van der Waals surface area contributed by atoms with E-state index in [1.54, 1.807) is 0 Å². The summed E-state index contributed by atoms with van der Waals surface area (Å²) in [5.74, 6) is 0. The molecule has 0 aromatic heterocycles. The van der Waals surface area contributed by atoms with E-state index in [1.165, 1.54) is 12.1 Å². The maximum Gasteiger partial charge on any atom is 0.293 e. The van der Waals surface area contributed by atoms with Crippen molar-refractivity contribution in [3.63, 3.8) is 0 Å². The second kappa shape index (κ2) is 6.57. The number of nitrogens with one attached hydrogen (secondary N) is 1. The molecule has 1 aliphatic rings. The predicted molar refractivity (Wildman–Crippen MR) is 78.1 cm³/mol. The average molecular weight is 331 g/mol. The Kier molecular flexibility index (Phi) is 4.96. The van der Waals surface area contributed by atoms with Crippen LogP contribution in [0.4, 0.5) is 11.4 Å². The highest BCUT2D eigenvalue weighted by Crippen LogP contribution is 2.27. The number of sulfonamides is 1. The van der Waals surface area contributed by atoms with E-state index in [1.807, 2.05) is 6.92 Å². The Labute approximate surface area is 127 Å². The van der Waals surface area contributed by atoms with Crippen molar-refractivity contribution in [2.24, 2.45) is 5.14 Å². The molecule has 1 heterocycles. The van der Waals surface area contributed by atoms with Gasteiger partial charge in [0.25, 0.3) is 5.69 Å². The van der Waals surface area contributed by atoms with Crippen LogP contribution in [0.5, 0.6) is 0 Å². The maximum absolute atomic E-state index is 11.3. The predicted octanol–water partition coefficient (Wildman–Crippen LogP) is 0.458. The van der Waals surface area contributed by atoms with E-state index in [-0.39, 0.29) is 28.5 Å². The number of nitro groups is 1. The number of ether oxygens (including phenoxy) is 2. The largest absolute Gasteiger partial charge is 0.377 e. The standard InChI is InChI=1S/C12H17N3O6S/c1-8-6-20-7-9(21-8)5-14-11-3-2-10(22(13,18)19)4-12(11)15(16)17/h2-4,8-9,14H,5-7H2,1H3,(H2,13,18,19)/t8?,9-/m0/s1. The van der Waals surface area contributed by atoms with Gasteiger partial charge in [0.2, 0.25) is 10.0 Å². The minimum atomic E-state index is -4.00. The molecule has 0 saturated carbocycles. The highest BCUT2D eigenvalue weighted by atomic mass is 32.2. The summed E-state index contributed by atoms with van der Waals surface area (Å²) in [5, 5.41) is 18.9. The van der Waals surface area contributed by atoms with Crippen molar-refractivity contribution in [2.75, 3.05) is 25.1 Å². The summed E-state index contributed by atoms with van der Waals surface area (Å²) < 4.78 is 33.5. The molecule has 122 valence electrons. The first-order chi connectivity index (χ1) is 10.3. The molecule has 0 amide bonds. The minimum absolute atomic E-state index is 0.0414. The minimum Gasteiger partial charge on any atom is -0.377 e. The Morgan fingerprint density at radius 1 is 1.45 bits per heavy atom. The molecule has 10 heteroatoms. The van der Waals surface area contributed by atoms with Gasteiger partial charge in [0.05, 0.1) is 35.2 Å². The van der Waals surface area contributed by atoms with Crippen molar-refractivity contribution in [3.8, 4) is 0 Å². The van der Waals surface area contributed by atoms with Crippen LogP contribution in [0.25, 0.3) is 0 Å². The van der Waals surface area contributed by atoms with Crippen molar-refractivity contribution >= 4 is 21.4 Å². The third-order valence-corrected chi connectivity index (χ3v) is 4.01. The van der Waals surface area contributed by atoms with Gasteiger partial charge in [-0.15, -0.1) is 0 Å². The van der Waals surface area contributed by atoms with Gasteiger partial charge < -0.3 is 14.8 Å². The summed E-state index contributed by atoms with van der Waals surface area (Å²) in [6, 6.07) is 3.45. The average Bonchev–Trinajstić information content (AvgIpc) is 2.44. The number of nitro benzene ring substituents is 1. The summed E-state index contributed by atoms with van der Waals surface area (Å²) in [4.78, 5) is 10.1. The van der Waals surface area contributed by atoms with Gasteiger partial charge in [0.1, 0.15) is 5.69 Å². The highest BCUT2D eigenvalue weighted by molar-refractivity contribution is 7.89. The number of nitrogens with zero attached hydrogens (tertiary/aromatic N) is 1. The topological polar surface area (TPSA) is 134 Å². The molecule has 1 unspecified atom stereocenters. The number of primary sulfonamides is 1. The number of benzene rings is 1. The Hall–Kier alpha value is -1.75. The fourth-order valence-corrected chi connectivity index (χ4v) is 2.63. The van der Waals surface area contributed by atoms with Crippen LogP contribution in [0.3, 0.4) is 0 Å². The van der Waals surface area contributed by atoms with Gasteiger partial charge in [-0.3, -0.25) is 10.1 Å². The molecule has 22 heavy (non-hydrogen) atoms. The van der Waals surface area contributed by atoms with Crippen molar-refractivity contribution in [2.45, 2.75) is 24.0 Å². The lowest BCUT2D eigenvalue weighted by Crippen LogP contribution is -2.38. The van der Waals surface area contributed by atoms with Gasteiger partial charge in [-0.05, 0) is 19.1 Å². The third-order valence-electron chi connectivity index (χ3n) is 3.10. The van der Waals surface area contributed by atoms with Crippen LogP contribution in [-0.4, -0.2) is 45.3 Å². The number of hydrogen-bond donors (Lipinski definition) is 2. The van der Waals surface area contributed by atoms with Crippen molar-refractivity contribution in [1.29, 1.82) is 0 Å². The molecule has 1 aromatic carbocycles. The molecule has 0 aliphatic carbocycles. The van der Waals surface area contributed by atoms with Gasteiger partial charge in [-0.25, -0.2) is 13.6 Å². The van der Waals surface area contributed by atoms with Crippen LogP contribution in [0.15, 0.2) is 23.1 Å². The third kappa shape index (κ3) is 4.13. The number of nitrogens with two attached hydrogens (primary N) is 1. The molecule has 2 atom stereocenters. The van der Waals surface area contributed by atoms with Crippen molar-refractivity contribution in [3.05, 3.63) is 28.3 Å². The zero-order valence-electron chi connectivity index (χ0n) is 11.9. The summed E-state index contributed by atoms with van der Waals surface area (Å²) in [6.07, 6.45) is -0.276. The van der Waals surface area contributed by atoms with Crippen LogP contribution >= 0.6 is 0 Å². The van der Waals surface area contributed by atoms with E-state index < -0.39 is 14.9 Å². The fourth-order valence-electron chi connectivity index (χ4n) is 2.09. The van der Waals surface area contributed by atoms with E-state index in [0.717, 1.165) is 6.07 Å². The lowest BCUT2D eigenvalue weighted by molar-refractivity contribution is -0.384. The van der Waals surface area contributed by atoms with Gasteiger partial charge in [0, 0.05) is 12.6 Å². The molecule has 0 radical (unpaired) electrons. The SMILES string of the molecule is CC1COC[C@H](CNc2ccc(S(N)(=O)=O)cc2[N+](=O)[O-])O1. The Morgan fingerprint density at radius 2 is 2.18 bits per heavy atom. The fraction of sp³-hybridized carbons (Fsp3) is 0.500. The number of hydrogen-bond acceptors (Lipinski definition) is 7. The van der Waals surface area contributed by atoms with Gasteiger partial charge in [-0.2, -0.15) is 0 Å². The number of anilines is 1. The molecule has 1 aliphatic heterocycles. The molecule has 0 bridgehead atoms. The molecular weight excluding hydrogens is 314 g/mol. The lowest BCUT2D eigenvalue weighted by atomic mass is 10.2. The van der Waals surface area contributed by atoms with Crippen LogP contribution in [-0.2, 0) is 19.5 Å². The molecule has 1 fully saturated rings. The first kappa shape index (κ1) is 16.6. The monoisotopic (exact) mass is 331 g/mol. The summed E-state index contributed by atoms with van der Waals surface area (Å²) >= 11 is 0. The van der Waals surface area contributed by atoms with Gasteiger partial charge in [0.15, 0.2) is 0 Å². The van der Waals surface area contributed by atoms with Crippen LogP contribution in [0.1, 0.15) is 6.92 Å². The van der Waals surface area contributed by atoms with Crippen molar-refractivity contribution < 1.29 is 22.8 Å². The van der Waals surface area contributed by atoms with Crippen LogP contribution in [0.2, 0.25) is 0 Å². The molecule has 3 N–H and O–H groups in total. The molecule has 1 aromatic rings. The summed E-state index contributed by atoms with van der Waals surface area (Å²) in [6.45, 7) is 3.08. The van der Waals surface area contributed by atoms with Crippen LogP contribution < -0.4 is 10.5 Å². The first-order valence-electron chi connectivity index (χ1n) is 6.55. The summed E-state index contributed by atoms with van der Waals surface area (Å²) in [5.41, 5.74) is -0.171. The van der Waals surface area contributed by atoms with E-state index in [0.29, 0.717) is 19.8 Å². The molecule has 9 nitrogen and oxygen atoms in total. The molecule has 2 rings (SSSR count). The van der Waals surface area contributed by atoms with E-state index in [9.17, 15) is 18.5 Å². The Balaban J connectivity index is 2.15. The molecule has 1 saturated heterocycles. The second-order valence-corrected chi connectivity index (χ2v) is 6.53. The van der Waals surface area contributed by atoms with Gasteiger partial charge in [-0.1, -0.05) is 0 Å². The zero-order valence-corrected chi connectivity index (χ0v) is 12.7. The van der Waals surface area contributed by atoms with Gasteiger partial charge >= 0.3 is 0 Å². The quantitative estimate of drug-likeness (QED) is 0.591. The smallest absolute Gasteiger partial charge is 0.293 e. The van der Waals surface area contributed by atoms with Crippen molar-refractivity contribution in [1.82, 2.24) is 0 Å². The highest BCUT2D eigenvalue weighted by Gasteiger charge is 2.22. The van der Waals surface area contributed by atoms with Crippen LogP contribution in [0, 0.1) is 10.1 Å². The number of rotatable bonds is 5. The first-order valence-corrected chi connectivity index (χ1v) is 8.10. The molecular formula is C12H17N3O6S. The Morgan fingerprint density at radius 3 is 2.77 bits per heavy atom. The normalized spacial score (nSPS) is 22.3. The molecule has 0 spiro atoms. The maximum atomic E-state index is 11.3. The zero-order chi connectivity index (χ0) is 16.3. The second-order valence-electron chi connectivity index (χ2n) is 4.97. The van der Waals surface area contributed by atoms with E-state index >= 15 is 0 Å². The Bertz CT molecular complexity index is 663. The summed E-state index contributed by atoms with van der Waals surface area (Å²) in [7, 11) is -4.00. The lowest BCUT2D eigenvalue weighted by Gasteiger charge is -2.28. The van der Waals surface area contributed by atoms with E-state index in [4.69, 9.17) is 14.6 Å². The van der Waals surface area contributed by atoms with E-state index in [2.05, 4.69) is 5.32 Å².